The quantitative estimate of drug-likeness (QED) is 0.239. The summed E-state index contributed by atoms with van der Waals surface area (Å²) >= 11 is 0. The molecule has 17 heteroatoms. The lowest BCUT2D eigenvalue weighted by atomic mass is 9.92. The van der Waals surface area contributed by atoms with Crippen LogP contribution < -0.4 is 9.47 Å². The van der Waals surface area contributed by atoms with Crippen LogP contribution in [0, 0.1) is 0 Å². The minimum absolute atomic E-state index is 0.0202. The van der Waals surface area contributed by atoms with Crippen LogP contribution >= 0.6 is 0 Å². The molecule has 1 N–H and O–H groups in total. The number of benzene rings is 2. The molecule has 1 aliphatic heterocycles. The van der Waals surface area contributed by atoms with Crippen LogP contribution in [0.25, 0.3) is 6.08 Å². The zero-order valence-corrected chi connectivity index (χ0v) is 27.1. The molecule has 0 radical (unpaired) electrons. The van der Waals surface area contributed by atoms with Crippen molar-refractivity contribution in [3.8, 4) is 17.2 Å². The van der Waals surface area contributed by atoms with E-state index in [1.165, 1.54) is 54.6 Å². The summed E-state index contributed by atoms with van der Waals surface area (Å²) in [5.74, 6) is -4.30. The lowest BCUT2D eigenvalue weighted by Gasteiger charge is -2.33. The van der Waals surface area contributed by atoms with E-state index in [0.717, 1.165) is 24.6 Å². The Kier molecular flexibility index (Phi) is 11.7. The van der Waals surface area contributed by atoms with Crippen molar-refractivity contribution >= 4 is 37.7 Å². The Balaban J connectivity index is 2.24. The van der Waals surface area contributed by atoms with E-state index in [4.69, 9.17) is 14.2 Å². The third-order valence-electron chi connectivity index (χ3n) is 6.48. The molecule has 1 atom stereocenters. The molecule has 0 fully saturated rings. The monoisotopic (exact) mass is 703 g/mol. The molecule has 0 saturated carbocycles. The highest BCUT2D eigenvalue weighted by molar-refractivity contribution is 7.90. The summed E-state index contributed by atoms with van der Waals surface area (Å²) in [7, 11) is -5.83. The Hall–Kier alpha value is -4.51. The number of alkyl halides is 3. The lowest BCUT2D eigenvalue weighted by Crippen LogP contribution is -2.28. The molecule has 0 saturated heterocycles. The van der Waals surface area contributed by atoms with Gasteiger partial charge in [-0.15, -0.1) is 19.8 Å². The molecule has 256 valence electrons. The minimum Gasteiger partial charge on any atom is -0.504 e. The first-order valence-corrected chi connectivity index (χ1v) is 17.7. The number of esters is 2. The fourth-order valence-corrected chi connectivity index (χ4v) is 5.16. The van der Waals surface area contributed by atoms with Crippen LogP contribution in [0.15, 0.2) is 66.4 Å². The third-order valence-corrected chi connectivity index (χ3v) is 8.30. The molecule has 1 unspecified atom stereocenters. The van der Waals surface area contributed by atoms with Crippen molar-refractivity contribution in [1.29, 1.82) is 0 Å². The number of rotatable bonds is 13. The fraction of sp³-hybridized carbons (Fsp3) is 0.333. The average molecular weight is 704 g/mol. The Labute approximate surface area is 269 Å². The number of phenolic OH excluding ortho intramolecular Hbond substituents is 1. The predicted octanol–water partition coefficient (Wildman–Crippen LogP) is 3.49. The fourth-order valence-electron chi connectivity index (χ4n) is 4.39. The Morgan fingerprint density at radius 2 is 1.57 bits per heavy atom. The van der Waals surface area contributed by atoms with Crippen LogP contribution in [0.4, 0.5) is 13.2 Å². The van der Waals surface area contributed by atoms with E-state index in [2.05, 4.69) is 11.3 Å². The van der Waals surface area contributed by atoms with Gasteiger partial charge in [0.15, 0.2) is 31.2 Å². The maximum Gasteiger partial charge on any atom is 0.573 e. The van der Waals surface area contributed by atoms with E-state index in [1.54, 1.807) is 0 Å². The van der Waals surface area contributed by atoms with Gasteiger partial charge in [0.05, 0.1) is 35.8 Å². The summed E-state index contributed by atoms with van der Waals surface area (Å²) in [4.78, 5) is 28.3. The number of fused-ring (bicyclic) bond motifs is 1. The van der Waals surface area contributed by atoms with Gasteiger partial charge in [-0.05, 0) is 47.0 Å². The molecule has 47 heavy (non-hydrogen) atoms. The second kappa shape index (κ2) is 14.9. The highest BCUT2D eigenvalue weighted by atomic mass is 32.2. The number of nitrogens with zero attached hydrogens (tertiary/aromatic N) is 1. The molecule has 0 amide bonds. The van der Waals surface area contributed by atoms with E-state index in [0.29, 0.717) is 5.56 Å². The summed E-state index contributed by atoms with van der Waals surface area (Å²) in [6, 6.07) is 6.76. The molecule has 3 rings (SSSR count). The SMILES string of the molecule is C=CC1c2cc(OC)c(O)cc2C=C(C(=O)OCCS(C)(=O)=O)C(C(=O)OCCS(C)(=O)=O)=CN1Cc1cccc(OC(F)(F)F)c1. The number of hydrogen-bond donors (Lipinski definition) is 1. The molecule has 1 aliphatic rings. The Morgan fingerprint density at radius 3 is 2.11 bits per heavy atom. The zero-order valence-electron chi connectivity index (χ0n) is 25.4. The molecule has 2 aromatic carbocycles. The molecule has 0 aromatic heterocycles. The van der Waals surface area contributed by atoms with E-state index >= 15 is 0 Å². The van der Waals surface area contributed by atoms with E-state index in [-0.39, 0.29) is 29.2 Å². The van der Waals surface area contributed by atoms with Gasteiger partial charge in [-0.3, -0.25) is 0 Å². The summed E-state index contributed by atoms with van der Waals surface area (Å²) in [5, 5.41) is 10.6. The minimum atomic E-state index is -4.97. The van der Waals surface area contributed by atoms with E-state index < -0.39 is 85.6 Å². The highest BCUT2D eigenvalue weighted by Crippen LogP contribution is 2.39. The van der Waals surface area contributed by atoms with Crippen LogP contribution in [-0.2, 0) is 45.3 Å². The molecule has 0 bridgehead atoms. The smallest absolute Gasteiger partial charge is 0.504 e. The summed E-state index contributed by atoms with van der Waals surface area (Å²) in [5.41, 5.74) is -0.168. The van der Waals surface area contributed by atoms with Gasteiger partial charge in [0.2, 0.25) is 0 Å². The topological polar surface area (TPSA) is 163 Å². The van der Waals surface area contributed by atoms with Crippen molar-refractivity contribution in [3.05, 3.63) is 83.1 Å². The second-order valence-electron chi connectivity index (χ2n) is 10.3. The van der Waals surface area contributed by atoms with Crippen LogP contribution in [-0.4, -0.2) is 89.5 Å². The van der Waals surface area contributed by atoms with Gasteiger partial charge in [-0.25, -0.2) is 26.4 Å². The molecular formula is C30H32F3NO11S2. The largest absolute Gasteiger partial charge is 0.573 e. The first kappa shape index (κ1) is 37.0. The van der Waals surface area contributed by atoms with Gasteiger partial charge in [0.25, 0.3) is 0 Å². The van der Waals surface area contributed by atoms with Crippen LogP contribution in [0.3, 0.4) is 0 Å². The van der Waals surface area contributed by atoms with Crippen LogP contribution in [0.1, 0.15) is 22.7 Å². The molecule has 0 spiro atoms. The van der Waals surface area contributed by atoms with E-state index in [1.807, 2.05) is 0 Å². The third kappa shape index (κ3) is 11.1. The predicted molar refractivity (Wildman–Crippen MR) is 164 cm³/mol. The number of sulfone groups is 2. The molecular weight excluding hydrogens is 671 g/mol. The van der Waals surface area contributed by atoms with Crippen molar-refractivity contribution < 1.29 is 63.6 Å². The maximum absolute atomic E-state index is 13.5. The van der Waals surface area contributed by atoms with Crippen LogP contribution in [0.5, 0.6) is 17.2 Å². The Morgan fingerprint density at radius 1 is 0.979 bits per heavy atom. The number of aromatic hydroxyl groups is 1. The zero-order chi connectivity index (χ0) is 35.2. The number of phenols is 1. The summed E-state index contributed by atoms with van der Waals surface area (Å²) < 4.78 is 105. The van der Waals surface area contributed by atoms with Gasteiger partial charge in [-0.1, -0.05) is 18.2 Å². The van der Waals surface area contributed by atoms with Gasteiger partial charge in [-0.2, -0.15) is 0 Å². The molecule has 1 heterocycles. The lowest BCUT2D eigenvalue weighted by molar-refractivity contribution is -0.274. The van der Waals surface area contributed by atoms with Gasteiger partial charge >= 0.3 is 18.3 Å². The van der Waals surface area contributed by atoms with Gasteiger partial charge in [0, 0.05) is 25.3 Å². The average Bonchev–Trinajstić information content (AvgIpc) is 2.92. The number of ether oxygens (including phenoxy) is 4. The first-order chi connectivity index (χ1) is 21.8. The van der Waals surface area contributed by atoms with Crippen molar-refractivity contribution in [2.75, 3.05) is 44.3 Å². The highest BCUT2D eigenvalue weighted by Gasteiger charge is 2.33. The molecule has 0 aliphatic carbocycles. The van der Waals surface area contributed by atoms with Crippen molar-refractivity contribution in [2.45, 2.75) is 18.9 Å². The summed E-state index contributed by atoms with van der Waals surface area (Å²) in [6.07, 6.45) is 0.656. The number of carbonyl (C=O) groups is 2. The second-order valence-corrected chi connectivity index (χ2v) is 14.9. The van der Waals surface area contributed by atoms with Crippen molar-refractivity contribution in [3.63, 3.8) is 0 Å². The van der Waals surface area contributed by atoms with Crippen LogP contribution in [0.2, 0.25) is 0 Å². The van der Waals surface area contributed by atoms with Gasteiger partial charge < -0.3 is 29.0 Å². The maximum atomic E-state index is 13.5. The number of methoxy groups -OCH3 is 1. The normalized spacial score (nSPS) is 15.3. The standard InChI is InChI=1S/C30H32F3NO11S2/c1-5-25-22-16-27(42-2)26(35)15-20(22)14-23(28(36)43-9-11-46(3,38)39)24(29(37)44-10-12-47(4,40)41)18-34(25)17-19-7-6-8-21(13-19)45-30(31,32)33/h5-8,13-16,18,25,35H,1,9-12,17H2,2-4H3. The molecule has 2 aromatic rings. The van der Waals surface area contributed by atoms with Gasteiger partial charge in [0.1, 0.15) is 19.0 Å². The number of halogens is 3. The Bertz CT molecular complexity index is 1800. The first-order valence-electron chi connectivity index (χ1n) is 13.6. The number of carbonyl (C=O) groups excluding carboxylic acids is 2. The van der Waals surface area contributed by atoms with E-state index in [9.17, 15) is 44.7 Å². The summed E-state index contributed by atoms with van der Waals surface area (Å²) in [6.45, 7) is 2.46. The number of hydrogen-bond acceptors (Lipinski definition) is 12. The molecule has 12 nitrogen and oxygen atoms in total. The van der Waals surface area contributed by atoms with Crippen molar-refractivity contribution in [2.24, 2.45) is 0 Å². The van der Waals surface area contributed by atoms with Crippen molar-refractivity contribution in [1.82, 2.24) is 4.90 Å².